The van der Waals surface area contributed by atoms with Crippen LogP contribution in [0.25, 0.3) is 0 Å². The molecule has 0 aliphatic carbocycles. The average Bonchev–Trinajstić information content (AvgIpc) is 2.11. The number of sulfone groups is 1. The molecule has 2 fully saturated rings. The standard InChI is InChI=1S/C8H15NO2S/c1-7-3-9-4-8(7,2)6-12(10,11)5-7/h9H,3-6H2,1-2H3/t7-,8+. The Morgan fingerprint density at radius 1 is 1.08 bits per heavy atom. The van der Waals surface area contributed by atoms with Crippen molar-refractivity contribution in [3.63, 3.8) is 0 Å². The van der Waals surface area contributed by atoms with Crippen LogP contribution in [0.2, 0.25) is 0 Å². The lowest BCUT2D eigenvalue weighted by molar-refractivity contribution is 0.212. The van der Waals surface area contributed by atoms with Crippen LogP contribution in [0.1, 0.15) is 13.8 Å². The Labute approximate surface area is 73.5 Å². The third-order valence-electron chi connectivity index (χ3n) is 3.56. The molecule has 2 rings (SSSR count). The van der Waals surface area contributed by atoms with Gasteiger partial charge in [0.15, 0.2) is 9.84 Å². The summed E-state index contributed by atoms with van der Waals surface area (Å²) in [5.74, 6) is 0.729. The third kappa shape index (κ3) is 0.941. The van der Waals surface area contributed by atoms with Gasteiger partial charge in [-0.1, -0.05) is 13.8 Å². The first-order valence-corrected chi connectivity index (χ1v) is 6.10. The fourth-order valence-corrected chi connectivity index (χ4v) is 5.46. The first-order chi connectivity index (χ1) is 5.37. The van der Waals surface area contributed by atoms with Crippen molar-refractivity contribution >= 4 is 9.84 Å². The maximum absolute atomic E-state index is 11.4. The van der Waals surface area contributed by atoms with Gasteiger partial charge in [0.25, 0.3) is 0 Å². The lowest BCUT2D eigenvalue weighted by Crippen LogP contribution is -2.34. The Bertz CT molecular complexity index is 287. The molecule has 2 saturated heterocycles. The second-order valence-corrected chi connectivity index (χ2v) is 6.82. The van der Waals surface area contributed by atoms with Gasteiger partial charge < -0.3 is 5.32 Å². The largest absolute Gasteiger partial charge is 0.316 e. The molecule has 3 nitrogen and oxygen atoms in total. The third-order valence-corrected chi connectivity index (χ3v) is 5.72. The first-order valence-electron chi connectivity index (χ1n) is 4.28. The zero-order valence-corrected chi connectivity index (χ0v) is 8.37. The quantitative estimate of drug-likeness (QED) is 0.585. The average molecular weight is 189 g/mol. The van der Waals surface area contributed by atoms with Gasteiger partial charge in [0.2, 0.25) is 0 Å². The van der Waals surface area contributed by atoms with Crippen LogP contribution in [0.3, 0.4) is 0 Å². The minimum atomic E-state index is -2.76. The Hall–Kier alpha value is -0.0900. The molecule has 0 aromatic rings. The van der Waals surface area contributed by atoms with Gasteiger partial charge in [-0.2, -0.15) is 0 Å². The van der Waals surface area contributed by atoms with E-state index in [1.54, 1.807) is 0 Å². The highest BCUT2D eigenvalue weighted by Gasteiger charge is 2.57. The summed E-state index contributed by atoms with van der Waals surface area (Å²) in [6, 6.07) is 0. The van der Waals surface area contributed by atoms with Crippen molar-refractivity contribution in [2.45, 2.75) is 13.8 Å². The van der Waals surface area contributed by atoms with E-state index in [9.17, 15) is 8.42 Å². The summed E-state index contributed by atoms with van der Waals surface area (Å²) in [6.07, 6.45) is 0. The number of nitrogens with one attached hydrogen (secondary N) is 1. The summed E-state index contributed by atoms with van der Waals surface area (Å²) in [7, 11) is -2.76. The first kappa shape index (κ1) is 8.51. The summed E-state index contributed by atoms with van der Waals surface area (Å²) >= 11 is 0. The molecule has 0 spiro atoms. The number of fused-ring (bicyclic) bond motifs is 1. The molecular weight excluding hydrogens is 174 g/mol. The maximum Gasteiger partial charge on any atom is 0.151 e. The van der Waals surface area contributed by atoms with Crippen LogP contribution in [-0.4, -0.2) is 33.0 Å². The molecule has 1 N–H and O–H groups in total. The van der Waals surface area contributed by atoms with E-state index in [4.69, 9.17) is 0 Å². The summed E-state index contributed by atoms with van der Waals surface area (Å²) in [6.45, 7) is 5.86. The predicted molar refractivity (Wildman–Crippen MR) is 47.7 cm³/mol. The van der Waals surface area contributed by atoms with Crippen LogP contribution in [0.5, 0.6) is 0 Å². The van der Waals surface area contributed by atoms with Gasteiger partial charge in [0, 0.05) is 23.9 Å². The topological polar surface area (TPSA) is 46.2 Å². The van der Waals surface area contributed by atoms with Crippen LogP contribution in [0, 0.1) is 10.8 Å². The van der Waals surface area contributed by atoms with E-state index in [0.29, 0.717) is 11.5 Å². The van der Waals surface area contributed by atoms with Crippen molar-refractivity contribution in [3.8, 4) is 0 Å². The Balaban J connectivity index is 2.44. The highest BCUT2D eigenvalue weighted by molar-refractivity contribution is 7.91. The molecule has 0 amide bonds. The summed E-state index contributed by atoms with van der Waals surface area (Å²) in [4.78, 5) is 0. The van der Waals surface area contributed by atoms with Crippen molar-refractivity contribution in [3.05, 3.63) is 0 Å². The molecule has 12 heavy (non-hydrogen) atoms. The van der Waals surface area contributed by atoms with E-state index < -0.39 is 9.84 Å². The van der Waals surface area contributed by atoms with Gasteiger partial charge in [0.1, 0.15) is 0 Å². The second kappa shape index (κ2) is 2.04. The van der Waals surface area contributed by atoms with Gasteiger partial charge in [-0.3, -0.25) is 0 Å². The summed E-state index contributed by atoms with van der Waals surface area (Å²) < 4.78 is 22.9. The summed E-state index contributed by atoms with van der Waals surface area (Å²) in [5, 5.41) is 3.28. The van der Waals surface area contributed by atoms with E-state index in [2.05, 4.69) is 19.2 Å². The lowest BCUT2D eigenvalue weighted by Gasteiger charge is -2.30. The molecule has 0 saturated carbocycles. The Morgan fingerprint density at radius 3 is 1.92 bits per heavy atom. The van der Waals surface area contributed by atoms with Crippen LogP contribution in [0.4, 0.5) is 0 Å². The maximum atomic E-state index is 11.4. The SMILES string of the molecule is C[C@@]12CNC[C@]1(C)CS(=O)(=O)C2. The highest BCUT2D eigenvalue weighted by atomic mass is 32.2. The van der Waals surface area contributed by atoms with Crippen molar-refractivity contribution in [2.75, 3.05) is 24.6 Å². The van der Waals surface area contributed by atoms with Crippen LogP contribution in [0.15, 0.2) is 0 Å². The van der Waals surface area contributed by atoms with E-state index >= 15 is 0 Å². The number of hydrogen-bond acceptors (Lipinski definition) is 3. The van der Waals surface area contributed by atoms with Crippen molar-refractivity contribution in [2.24, 2.45) is 10.8 Å². The molecule has 2 atom stereocenters. The molecule has 0 unspecified atom stereocenters. The van der Waals surface area contributed by atoms with Gasteiger partial charge in [0.05, 0.1) is 11.5 Å². The number of hydrogen-bond donors (Lipinski definition) is 1. The van der Waals surface area contributed by atoms with Crippen molar-refractivity contribution < 1.29 is 8.42 Å². The van der Waals surface area contributed by atoms with Gasteiger partial charge in [-0.05, 0) is 0 Å². The lowest BCUT2D eigenvalue weighted by atomic mass is 9.71. The predicted octanol–water partition coefficient (Wildman–Crippen LogP) is 0.0306. The Morgan fingerprint density at radius 2 is 1.50 bits per heavy atom. The molecule has 0 bridgehead atoms. The molecule has 2 heterocycles. The van der Waals surface area contributed by atoms with Gasteiger partial charge >= 0.3 is 0 Å². The fraction of sp³-hybridized carbons (Fsp3) is 1.00. The number of rotatable bonds is 0. The zero-order chi connectivity index (χ0) is 9.04. The minimum absolute atomic E-state index is 0.0220. The monoisotopic (exact) mass is 189 g/mol. The fourth-order valence-electron chi connectivity index (χ4n) is 2.51. The molecule has 0 aromatic heterocycles. The summed E-state index contributed by atoms with van der Waals surface area (Å²) in [5.41, 5.74) is -0.0440. The molecule has 0 aromatic carbocycles. The van der Waals surface area contributed by atoms with Crippen molar-refractivity contribution in [1.29, 1.82) is 0 Å². The molecule has 4 heteroatoms. The molecular formula is C8H15NO2S. The normalized spacial score (nSPS) is 50.8. The van der Waals surface area contributed by atoms with Crippen LogP contribution < -0.4 is 5.32 Å². The zero-order valence-electron chi connectivity index (χ0n) is 7.55. The van der Waals surface area contributed by atoms with E-state index in [-0.39, 0.29) is 10.8 Å². The van der Waals surface area contributed by atoms with E-state index in [1.807, 2.05) is 0 Å². The van der Waals surface area contributed by atoms with Crippen LogP contribution >= 0.6 is 0 Å². The van der Waals surface area contributed by atoms with Crippen molar-refractivity contribution in [1.82, 2.24) is 5.32 Å². The van der Waals surface area contributed by atoms with E-state index in [1.165, 1.54) is 0 Å². The Kier molecular flexibility index (Phi) is 1.45. The molecule has 0 radical (unpaired) electrons. The van der Waals surface area contributed by atoms with Gasteiger partial charge in [-0.15, -0.1) is 0 Å². The smallest absolute Gasteiger partial charge is 0.151 e. The minimum Gasteiger partial charge on any atom is -0.316 e. The van der Waals surface area contributed by atoms with E-state index in [0.717, 1.165) is 13.1 Å². The molecule has 2 aliphatic heterocycles. The molecule has 2 aliphatic rings. The highest BCUT2D eigenvalue weighted by Crippen LogP contribution is 2.49. The van der Waals surface area contributed by atoms with Gasteiger partial charge in [-0.25, -0.2) is 8.42 Å². The molecule has 70 valence electrons. The second-order valence-electron chi connectivity index (χ2n) is 4.76. The van der Waals surface area contributed by atoms with Crippen LogP contribution in [-0.2, 0) is 9.84 Å².